The van der Waals surface area contributed by atoms with Crippen molar-refractivity contribution in [1.82, 2.24) is 20.6 Å². The Morgan fingerprint density at radius 3 is 2.32 bits per heavy atom. The molecule has 10 heteroatoms. The Morgan fingerprint density at radius 2 is 1.71 bits per heavy atom. The Morgan fingerprint density at radius 1 is 0.974 bits per heavy atom. The maximum absolute atomic E-state index is 13.4. The van der Waals surface area contributed by atoms with Gasteiger partial charge in [0.1, 0.15) is 17.6 Å². The number of hydrogen-bond donors (Lipinski definition) is 5. The second-order valence-corrected chi connectivity index (χ2v) is 9.34. The number of benzene rings is 2. The van der Waals surface area contributed by atoms with Gasteiger partial charge in [0.05, 0.1) is 6.04 Å². The summed E-state index contributed by atoms with van der Waals surface area (Å²) in [7, 11) is 0. The van der Waals surface area contributed by atoms with Crippen molar-refractivity contribution < 1.29 is 24.3 Å². The number of imidazole rings is 1. The lowest BCUT2D eigenvalue weighted by Crippen LogP contribution is -2.53. The number of primary amides is 1. The lowest BCUT2D eigenvalue weighted by Gasteiger charge is -2.23. The van der Waals surface area contributed by atoms with E-state index in [1.165, 1.54) is 19.2 Å². The summed E-state index contributed by atoms with van der Waals surface area (Å²) >= 11 is 0. The van der Waals surface area contributed by atoms with Crippen molar-refractivity contribution in [3.63, 3.8) is 0 Å². The highest BCUT2D eigenvalue weighted by atomic mass is 16.3. The molecule has 10 nitrogen and oxygen atoms in total. The lowest BCUT2D eigenvalue weighted by atomic mass is 9.90. The first-order valence-corrected chi connectivity index (χ1v) is 12.3. The minimum absolute atomic E-state index is 0.0689. The van der Waals surface area contributed by atoms with E-state index in [-0.39, 0.29) is 37.2 Å². The van der Waals surface area contributed by atoms with Crippen LogP contribution in [-0.2, 0) is 38.4 Å². The summed E-state index contributed by atoms with van der Waals surface area (Å²) in [6.07, 6.45) is 3.47. The minimum Gasteiger partial charge on any atom is -0.508 e. The van der Waals surface area contributed by atoms with E-state index in [1.807, 2.05) is 30.3 Å². The number of aromatic nitrogens is 2. The SMILES string of the molecule is CC(=O)NC(Cc1ccc(O)c(C)c1)C(=O)NC(Cc1ncc[nH]1)C(=O)CC(Cc1ccccc1)C(N)=O. The van der Waals surface area contributed by atoms with E-state index in [4.69, 9.17) is 5.73 Å². The molecule has 3 unspecified atom stereocenters. The molecule has 3 atom stereocenters. The molecular formula is C28H33N5O5. The molecule has 0 spiro atoms. The number of amides is 3. The number of nitrogens with one attached hydrogen (secondary N) is 3. The van der Waals surface area contributed by atoms with Gasteiger partial charge in [-0.05, 0) is 36.1 Å². The number of hydrogen-bond acceptors (Lipinski definition) is 6. The average Bonchev–Trinajstić information content (AvgIpc) is 3.38. The Kier molecular flexibility index (Phi) is 9.75. The molecule has 0 radical (unpaired) electrons. The third-order valence-corrected chi connectivity index (χ3v) is 6.23. The van der Waals surface area contributed by atoms with Crippen LogP contribution in [0.15, 0.2) is 60.9 Å². The van der Waals surface area contributed by atoms with E-state index in [0.717, 1.165) is 11.1 Å². The molecule has 0 bridgehead atoms. The Balaban J connectivity index is 1.79. The standard InChI is InChI=1S/C28H33N5O5/c1-17-12-20(8-9-24(17)35)14-23(32-18(2)34)28(38)33-22(16-26-30-10-11-31-26)25(36)15-21(27(29)37)13-19-6-4-3-5-7-19/h3-12,21-23,35H,13-16H2,1-2H3,(H2,29,37)(H,30,31)(H,32,34)(H,33,38). The zero-order valence-electron chi connectivity index (χ0n) is 21.4. The molecule has 3 rings (SSSR count). The van der Waals surface area contributed by atoms with Gasteiger partial charge in [-0.25, -0.2) is 4.98 Å². The number of rotatable bonds is 13. The third kappa shape index (κ3) is 8.29. The molecule has 2 aromatic carbocycles. The first-order valence-electron chi connectivity index (χ1n) is 12.3. The van der Waals surface area contributed by atoms with Gasteiger partial charge in [0.15, 0.2) is 5.78 Å². The molecule has 0 aliphatic carbocycles. The van der Waals surface area contributed by atoms with Crippen molar-refractivity contribution in [1.29, 1.82) is 0 Å². The number of ketones is 1. The van der Waals surface area contributed by atoms with Crippen molar-refractivity contribution in [2.45, 2.75) is 51.6 Å². The summed E-state index contributed by atoms with van der Waals surface area (Å²) in [6.45, 7) is 3.03. The van der Waals surface area contributed by atoms with E-state index < -0.39 is 35.7 Å². The monoisotopic (exact) mass is 519 g/mol. The number of carbonyl (C=O) groups excluding carboxylic acids is 4. The summed E-state index contributed by atoms with van der Waals surface area (Å²) in [5.41, 5.74) is 7.84. The fourth-order valence-corrected chi connectivity index (χ4v) is 4.21. The molecule has 1 aromatic heterocycles. The van der Waals surface area contributed by atoms with Gasteiger partial charge in [-0.2, -0.15) is 0 Å². The maximum atomic E-state index is 13.4. The number of aromatic amines is 1. The molecule has 3 aromatic rings. The second-order valence-electron chi connectivity index (χ2n) is 9.34. The first-order chi connectivity index (χ1) is 18.1. The molecule has 0 fully saturated rings. The Labute approximate surface area is 221 Å². The third-order valence-electron chi connectivity index (χ3n) is 6.23. The number of phenols is 1. The fourth-order valence-electron chi connectivity index (χ4n) is 4.21. The normalized spacial score (nSPS) is 13.2. The molecular weight excluding hydrogens is 486 g/mol. The van der Waals surface area contributed by atoms with Crippen molar-refractivity contribution in [3.05, 3.63) is 83.4 Å². The van der Waals surface area contributed by atoms with Gasteiger partial charge in [0, 0.05) is 44.5 Å². The van der Waals surface area contributed by atoms with E-state index in [1.54, 1.807) is 25.3 Å². The van der Waals surface area contributed by atoms with Gasteiger partial charge in [-0.3, -0.25) is 19.2 Å². The molecule has 38 heavy (non-hydrogen) atoms. The fraction of sp³-hybridized carbons (Fsp3) is 0.321. The van der Waals surface area contributed by atoms with E-state index >= 15 is 0 Å². The number of Topliss-reactive ketones (excluding diaryl/α,β-unsaturated/α-hetero) is 1. The van der Waals surface area contributed by atoms with Crippen LogP contribution >= 0.6 is 0 Å². The molecule has 0 saturated heterocycles. The van der Waals surface area contributed by atoms with Gasteiger partial charge in [-0.1, -0.05) is 42.5 Å². The van der Waals surface area contributed by atoms with Gasteiger partial charge < -0.3 is 26.5 Å². The highest BCUT2D eigenvalue weighted by Gasteiger charge is 2.30. The van der Waals surface area contributed by atoms with Crippen LogP contribution in [-0.4, -0.2) is 50.7 Å². The number of nitrogens with zero attached hydrogens (tertiary/aromatic N) is 1. The second kappa shape index (κ2) is 13.2. The van der Waals surface area contributed by atoms with Crippen LogP contribution in [0.3, 0.4) is 0 Å². The Hall–Kier alpha value is -4.47. The summed E-state index contributed by atoms with van der Waals surface area (Å²) in [5.74, 6) is -2.11. The molecule has 0 aliphatic heterocycles. The van der Waals surface area contributed by atoms with Crippen LogP contribution in [0.5, 0.6) is 5.75 Å². The van der Waals surface area contributed by atoms with Crippen LogP contribution < -0.4 is 16.4 Å². The quantitative estimate of drug-likeness (QED) is 0.229. The highest BCUT2D eigenvalue weighted by Crippen LogP contribution is 2.19. The summed E-state index contributed by atoms with van der Waals surface area (Å²) in [5, 5.41) is 15.2. The Bertz CT molecular complexity index is 1260. The molecule has 3 amide bonds. The molecule has 6 N–H and O–H groups in total. The maximum Gasteiger partial charge on any atom is 0.243 e. The van der Waals surface area contributed by atoms with Crippen LogP contribution in [0.4, 0.5) is 0 Å². The summed E-state index contributed by atoms with van der Waals surface area (Å²) in [6, 6.07) is 12.2. The molecule has 1 heterocycles. The predicted molar refractivity (Wildman–Crippen MR) is 141 cm³/mol. The van der Waals surface area contributed by atoms with Gasteiger partial charge in [0.2, 0.25) is 17.7 Å². The number of H-pyrrole nitrogens is 1. The van der Waals surface area contributed by atoms with Crippen molar-refractivity contribution in [2.24, 2.45) is 11.7 Å². The van der Waals surface area contributed by atoms with E-state index in [9.17, 15) is 24.3 Å². The number of nitrogens with two attached hydrogens (primary N) is 1. The number of carbonyl (C=O) groups is 4. The molecule has 200 valence electrons. The predicted octanol–water partition coefficient (Wildman–Crippen LogP) is 1.50. The van der Waals surface area contributed by atoms with Crippen molar-refractivity contribution in [3.8, 4) is 5.75 Å². The summed E-state index contributed by atoms with van der Waals surface area (Å²) in [4.78, 5) is 57.9. The topological polar surface area (TPSA) is 167 Å². The molecule has 0 saturated carbocycles. The number of phenolic OH excluding ortho intramolecular Hbond substituents is 1. The largest absolute Gasteiger partial charge is 0.508 e. The molecule has 0 aliphatic rings. The van der Waals surface area contributed by atoms with Crippen LogP contribution in [0.25, 0.3) is 0 Å². The zero-order chi connectivity index (χ0) is 27.7. The highest BCUT2D eigenvalue weighted by molar-refractivity contribution is 5.94. The van der Waals surface area contributed by atoms with Crippen LogP contribution in [0.2, 0.25) is 0 Å². The van der Waals surface area contributed by atoms with Crippen molar-refractivity contribution >= 4 is 23.5 Å². The summed E-state index contributed by atoms with van der Waals surface area (Å²) < 4.78 is 0. The van der Waals surface area contributed by atoms with Crippen molar-refractivity contribution in [2.75, 3.05) is 0 Å². The first kappa shape index (κ1) is 28.1. The zero-order valence-corrected chi connectivity index (χ0v) is 21.4. The lowest BCUT2D eigenvalue weighted by molar-refractivity contribution is -0.132. The van der Waals surface area contributed by atoms with Gasteiger partial charge in [-0.15, -0.1) is 0 Å². The minimum atomic E-state index is -1.01. The smallest absolute Gasteiger partial charge is 0.243 e. The number of aryl methyl sites for hydroxylation is 1. The van der Waals surface area contributed by atoms with E-state index in [0.29, 0.717) is 11.4 Å². The van der Waals surface area contributed by atoms with E-state index in [2.05, 4.69) is 20.6 Å². The number of aromatic hydroxyl groups is 1. The van der Waals surface area contributed by atoms with Crippen LogP contribution in [0.1, 0.15) is 35.9 Å². The van der Waals surface area contributed by atoms with Gasteiger partial charge in [0.25, 0.3) is 0 Å². The van der Waals surface area contributed by atoms with Gasteiger partial charge >= 0.3 is 0 Å². The van der Waals surface area contributed by atoms with Crippen LogP contribution in [0, 0.1) is 12.8 Å². The average molecular weight is 520 g/mol.